The third-order valence-corrected chi connectivity index (χ3v) is 2.05. The first-order chi connectivity index (χ1) is 8.22. The van der Waals surface area contributed by atoms with Gasteiger partial charge in [0.2, 0.25) is 5.89 Å². The van der Waals surface area contributed by atoms with Gasteiger partial charge in [0.1, 0.15) is 11.6 Å². The molecule has 3 N–H and O–H groups in total. The van der Waals surface area contributed by atoms with Crippen molar-refractivity contribution in [3.05, 3.63) is 29.9 Å². The maximum atomic E-state index is 13.0. The molecule has 1 heterocycles. The van der Waals surface area contributed by atoms with Crippen LogP contribution in [0, 0.1) is 5.82 Å². The number of nitrogens with two attached hydrogens (primary N) is 1. The molecule has 0 bridgehead atoms. The standard InChI is InChI=1S/C10H11FN4O2/c1-16-8-4-6(11)2-3-7(8)13-10-15-14-9(5-12)17-10/h2-4H,5,12H2,1H3,(H,13,15). The Labute approximate surface area is 96.6 Å². The van der Waals surface area contributed by atoms with Crippen molar-refractivity contribution in [1.82, 2.24) is 10.2 Å². The summed E-state index contributed by atoms with van der Waals surface area (Å²) in [7, 11) is 1.44. The minimum absolute atomic E-state index is 0.162. The molecule has 0 saturated carbocycles. The Morgan fingerprint density at radius 2 is 2.29 bits per heavy atom. The van der Waals surface area contributed by atoms with Crippen molar-refractivity contribution >= 4 is 11.7 Å². The van der Waals surface area contributed by atoms with E-state index in [0.717, 1.165) is 0 Å². The molecule has 1 aromatic carbocycles. The molecule has 0 saturated heterocycles. The van der Waals surface area contributed by atoms with Crippen LogP contribution >= 0.6 is 0 Å². The van der Waals surface area contributed by atoms with Crippen LogP contribution in [0.5, 0.6) is 5.75 Å². The first-order valence-corrected chi connectivity index (χ1v) is 4.86. The minimum atomic E-state index is -0.388. The van der Waals surface area contributed by atoms with Gasteiger partial charge in [0.05, 0.1) is 19.3 Å². The first-order valence-electron chi connectivity index (χ1n) is 4.86. The fourth-order valence-electron chi connectivity index (χ4n) is 1.27. The van der Waals surface area contributed by atoms with Crippen LogP contribution in [0.4, 0.5) is 16.1 Å². The number of halogens is 1. The third kappa shape index (κ3) is 2.51. The summed E-state index contributed by atoms with van der Waals surface area (Å²) in [5, 5.41) is 10.2. The molecule has 1 aromatic heterocycles. The maximum Gasteiger partial charge on any atom is 0.320 e. The highest BCUT2D eigenvalue weighted by Crippen LogP contribution is 2.27. The van der Waals surface area contributed by atoms with Crippen molar-refractivity contribution in [1.29, 1.82) is 0 Å². The summed E-state index contributed by atoms with van der Waals surface area (Å²) in [6.45, 7) is 0.162. The lowest BCUT2D eigenvalue weighted by atomic mass is 10.3. The Morgan fingerprint density at radius 3 is 2.94 bits per heavy atom. The van der Waals surface area contributed by atoms with E-state index >= 15 is 0 Å². The van der Waals surface area contributed by atoms with Gasteiger partial charge in [-0.3, -0.25) is 0 Å². The second-order valence-electron chi connectivity index (χ2n) is 3.17. The number of anilines is 2. The van der Waals surface area contributed by atoms with Crippen LogP contribution in [0.3, 0.4) is 0 Å². The molecular formula is C10H11FN4O2. The summed E-state index contributed by atoms with van der Waals surface area (Å²) in [5.74, 6) is 0.270. The molecule has 0 amide bonds. The topological polar surface area (TPSA) is 86.2 Å². The van der Waals surface area contributed by atoms with Crippen LogP contribution in [0.2, 0.25) is 0 Å². The van der Waals surface area contributed by atoms with Crippen LogP contribution in [-0.4, -0.2) is 17.3 Å². The second kappa shape index (κ2) is 4.79. The minimum Gasteiger partial charge on any atom is -0.494 e. The van der Waals surface area contributed by atoms with Gasteiger partial charge in [-0.2, -0.15) is 0 Å². The lowest BCUT2D eigenvalue weighted by Crippen LogP contribution is -1.96. The predicted molar refractivity (Wildman–Crippen MR) is 58.4 cm³/mol. The average Bonchev–Trinajstić information content (AvgIpc) is 2.79. The van der Waals surface area contributed by atoms with E-state index in [1.165, 1.54) is 25.3 Å². The molecule has 0 spiro atoms. The fraction of sp³-hybridized carbons (Fsp3) is 0.200. The summed E-state index contributed by atoms with van der Waals surface area (Å²) < 4.78 is 23.1. The number of hydrogen-bond donors (Lipinski definition) is 2. The van der Waals surface area contributed by atoms with Gasteiger partial charge >= 0.3 is 6.01 Å². The van der Waals surface area contributed by atoms with Gasteiger partial charge < -0.3 is 20.2 Å². The Kier molecular flexibility index (Phi) is 3.20. The largest absolute Gasteiger partial charge is 0.494 e. The second-order valence-corrected chi connectivity index (χ2v) is 3.17. The maximum absolute atomic E-state index is 13.0. The number of rotatable bonds is 4. The summed E-state index contributed by atoms with van der Waals surface area (Å²) in [6, 6.07) is 4.24. The van der Waals surface area contributed by atoms with Crippen LogP contribution in [0.25, 0.3) is 0 Å². The van der Waals surface area contributed by atoms with E-state index in [2.05, 4.69) is 15.5 Å². The Hall–Kier alpha value is -2.15. The highest BCUT2D eigenvalue weighted by atomic mass is 19.1. The molecule has 90 valence electrons. The van der Waals surface area contributed by atoms with Gasteiger partial charge in [-0.25, -0.2) is 4.39 Å². The van der Waals surface area contributed by atoms with Crippen LogP contribution in [0.1, 0.15) is 5.89 Å². The van der Waals surface area contributed by atoms with E-state index < -0.39 is 0 Å². The van der Waals surface area contributed by atoms with E-state index in [4.69, 9.17) is 14.9 Å². The molecule has 0 fully saturated rings. The quantitative estimate of drug-likeness (QED) is 0.837. The smallest absolute Gasteiger partial charge is 0.320 e. The number of aromatic nitrogens is 2. The highest BCUT2D eigenvalue weighted by Gasteiger charge is 2.09. The Balaban J connectivity index is 2.23. The first kappa shape index (κ1) is 11.3. The summed E-state index contributed by atoms with van der Waals surface area (Å²) in [6.07, 6.45) is 0. The Bertz CT molecular complexity index is 515. The van der Waals surface area contributed by atoms with Gasteiger partial charge in [-0.15, -0.1) is 5.10 Å². The van der Waals surface area contributed by atoms with E-state index in [-0.39, 0.29) is 18.4 Å². The molecule has 0 atom stereocenters. The monoisotopic (exact) mass is 238 g/mol. The number of nitrogens with one attached hydrogen (secondary N) is 1. The molecule has 17 heavy (non-hydrogen) atoms. The van der Waals surface area contributed by atoms with Crippen molar-refractivity contribution in [2.75, 3.05) is 12.4 Å². The van der Waals surface area contributed by atoms with Crippen LogP contribution in [-0.2, 0) is 6.54 Å². The summed E-state index contributed by atoms with van der Waals surface area (Å²) in [4.78, 5) is 0. The zero-order valence-electron chi connectivity index (χ0n) is 9.11. The molecule has 0 unspecified atom stereocenters. The summed E-state index contributed by atoms with van der Waals surface area (Å²) in [5.41, 5.74) is 5.86. The van der Waals surface area contributed by atoms with Gasteiger partial charge in [0.25, 0.3) is 0 Å². The number of methoxy groups -OCH3 is 1. The van der Waals surface area contributed by atoms with E-state index in [1.54, 1.807) is 0 Å². The molecular weight excluding hydrogens is 227 g/mol. The lowest BCUT2D eigenvalue weighted by molar-refractivity contribution is 0.413. The molecule has 0 aliphatic heterocycles. The number of ether oxygens (including phenoxy) is 1. The van der Waals surface area contributed by atoms with Gasteiger partial charge in [-0.1, -0.05) is 5.10 Å². The number of benzene rings is 1. The summed E-state index contributed by atoms with van der Waals surface area (Å²) >= 11 is 0. The third-order valence-electron chi connectivity index (χ3n) is 2.05. The molecule has 6 nitrogen and oxygen atoms in total. The highest BCUT2D eigenvalue weighted by molar-refractivity contribution is 5.61. The Morgan fingerprint density at radius 1 is 1.47 bits per heavy atom. The molecule has 2 aromatic rings. The zero-order valence-corrected chi connectivity index (χ0v) is 9.11. The molecule has 2 rings (SSSR count). The normalized spacial score (nSPS) is 10.3. The van der Waals surface area contributed by atoms with Crippen LogP contribution in [0.15, 0.2) is 22.6 Å². The van der Waals surface area contributed by atoms with Crippen molar-refractivity contribution in [2.45, 2.75) is 6.54 Å². The SMILES string of the molecule is COc1cc(F)ccc1Nc1nnc(CN)o1. The van der Waals surface area contributed by atoms with Gasteiger partial charge in [0, 0.05) is 6.07 Å². The molecule has 0 radical (unpaired) electrons. The van der Waals surface area contributed by atoms with Crippen molar-refractivity contribution < 1.29 is 13.5 Å². The molecule has 0 aliphatic rings. The predicted octanol–water partition coefficient (Wildman–Crippen LogP) is 1.42. The van der Waals surface area contributed by atoms with Gasteiger partial charge in [0.15, 0.2) is 0 Å². The van der Waals surface area contributed by atoms with E-state index in [1.807, 2.05) is 0 Å². The van der Waals surface area contributed by atoms with E-state index in [0.29, 0.717) is 17.3 Å². The number of hydrogen-bond acceptors (Lipinski definition) is 6. The fourth-order valence-corrected chi connectivity index (χ4v) is 1.27. The van der Waals surface area contributed by atoms with E-state index in [9.17, 15) is 4.39 Å². The average molecular weight is 238 g/mol. The van der Waals surface area contributed by atoms with Crippen molar-refractivity contribution in [2.24, 2.45) is 5.73 Å². The lowest BCUT2D eigenvalue weighted by Gasteiger charge is -2.07. The van der Waals surface area contributed by atoms with Crippen LogP contribution < -0.4 is 15.8 Å². The van der Waals surface area contributed by atoms with Crippen molar-refractivity contribution in [3.63, 3.8) is 0 Å². The zero-order chi connectivity index (χ0) is 12.3. The molecule has 7 heteroatoms. The number of nitrogens with zero attached hydrogens (tertiary/aromatic N) is 2. The van der Waals surface area contributed by atoms with Gasteiger partial charge in [-0.05, 0) is 12.1 Å². The van der Waals surface area contributed by atoms with Crippen molar-refractivity contribution in [3.8, 4) is 5.75 Å². The molecule has 0 aliphatic carbocycles.